The minimum Gasteiger partial charge on any atom is -0.461 e. The van der Waals surface area contributed by atoms with E-state index in [1.165, 1.54) is 19.1 Å². The van der Waals surface area contributed by atoms with Gasteiger partial charge in [0.25, 0.3) is 10.1 Å². The first-order valence-corrected chi connectivity index (χ1v) is 9.12. The van der Waals surface area contributed by atoms with Crippen molar-refractivity contribution in [3.63, 3.8) is 0 Å². The van der Waals surface area contributed by atoms with Crippen LogP contribution in [0.4, 0.5) is 0 Å². The number of carbonyl (C=O) groups excluding carboxylic acids is 1. The third-order valence-electron chi connectivity index (χ3n) is 3.20. The molecule has 0 spiro atoms. The first kappa shape index (κ1) is 18.5. The normalized spacial score (nSPS) is 19.5. The van der Waals surface area contributed by atoms with Crippen LogP contribution in [0.5, 0.6) is 0 Å². The van der Waals surface area contributed by atoms with Crippen molar-refractivity contribution in [1.82, 2.24) is 0 Å². The predicted octanol–water partition coefficient (Wildman–Crippen LogP) is 2.81. The Morgan fingerprint density at radius 2 is 2.17 bits per heavy atom. The summed E-state index contributed by atoms with van der Waals surface area (Å²) in [4.78, 5) is 11.5. The Labute approximate surface area is 144 Å². The van der Waals surface area contributed by atoms with Crippen LogP contribution >= 0.6 is 23.2 Å². The molecule has 1 saturated heterocycles. The van der Waals surface area contributed by atoms with Gasteiger partial charge in [-0.1, -0.05) is 23.2 Å². The molecule has 1 fully saturated rings. The molecule has 0 aromatic heterocycles. The number of ether oxygens (including phenoxy) is 2. The minimum atomic E-state index is -4.24. The van der Waals surface area contributed by atoms with Crippen molar-refractivity contribution >= 4 is 39.3 Å². The molecule has 0 saturated carbocycles. The highest BCUT2D eigenvalue weighted by Gasteiger charge is 2.28. The predicted molar refractivity (Wildman–Crippen MR) is 84.1 cm³/mol. The molecule has 1 aromatic carbocycles. The Morgan fingerprint density at radius 1 is 1.43 bits per heavy atom. The maximum absolute atomic E-state index is 12.2. The number of halogens is 2. The Hall–Kier alpha value is -0.860. The number of hydrogen-bond donors (Lipinski definition) is 0. The third kappa shape index (κ3) is 5.06. The van der Waals surface area contributed by atoms with E-state index in [1.54, 1.807) is 0 Å². The van der Waals surface area contributed by atoms with E-state index in [2.05, 4.69) is 0 Å². The van der Waals surface area contributed by atoms with E-state index >= 15 is 0 Å². The van der Waals surface area contributed by atoms with E-state index in [4.69, 9.17) is 36.9 Å². The Bertz CT molecular complexity index is 670. The van der Waals surface area contributed by atoms with Crippen LogP contribution in [0.25, 0.3) is 0 Å². The molecular formula is C14H16Cl2O6S. The van der Waals surface area contributed by atoms with Crippen molar-refractivity contribution < 1.29 is 26.9 Å². The smallest absolute Gasteiger partial charge is 0.336 e. The summed E-state index contributed by atoms with van der Waals surface area (Å²) >= 11 is 11.6. The van der Waals surface area contributed by atoms with Gasteiger partial charge in [-0.3, -0.25) is 4.18 Å². The first-order valence-electron chi connectivity index (χ1n) is 6.96. The van der Waals surface area contributed by atoms with Crippen molar-refractivity contribution in [2.24, 2.45) is 0 Å². The number of rotatable bonds is 6. The van der Waals surface area contributed by atoms with Gasteiger partial charge in [0.1, 0.15) is 11.5 Å². The fourth-order valence-corrected chi connectivity index (χ4v) is 3.80. The lowest BCUT2D eigenvalue weighted by molar-refractivity contribution is -0.154. The summed E-state index contributed by atoms with van der Waals surface area (Å²) in [5.74, 6) is -0.790. The standard InChI is InChI=1S/C14H16Cl2O6S/c1-9(14(17)21-8-11-3-2-6-20-11)22-23(18,19)13-7-10(15)4-5-12(13)16/h4-5,7,9,11H,2-3,6,8H2,1H3. The van der Waals surface area contributed by atoms with Gasteiger partial charge < -0.3 is 9.47 Å². The van der Waals surface area contributed by atoms with Gasteiger partial charge in [0, 0.05) is 11.6 Å². The molecule has 1 aromatic rings. The average molecular weight is 383 g/mol. The van der Waals surface area contributed by atoms with Crippen LogP contribution in [-0.2, 0) is 28.6 Å². The average Bonchev–Trinajstić information content (AvgIpc) is 3.00. The van der Waals surface area contributed by atoms with Gasteiger partial charge in [0.15, 0.2) is 6.10 Å². The third-order valence-corrected chi connectivity index (χ3v) is 5.30. The van der Waals surface area contributed by atoms with Crippen LogP contribution in [0, 0.1) is 0 Å². The summed E-state index contributed by atoms with van der Waals surface area (Å²) < 4.78 is 39.5. The van der Waals surface area contributed by atoms with Gasteiger partial charge in [-0.05, 0) is 38.0 Å². The SMILES string of the molecule is CC(OS(=O)(=O)c1cc(Cl)ccc1Cl)C(=O)OCC1CCCO1. The highest BCUT2D eigenvalue weighted by molar-refractivity contribution is 7.87. The van der Waals surface area contributed by atoms with Crippen molar-refractivity contribution in [2.75, 3.05) is 13.2 Å². The molecule has 9 heteroatoms. The summed E-state index contributed by atoms with van der Waals surface area (Å²) in [6.07, 6.45) is 0.260. The molecule has 0 amide bonds. The molecule has 1 aliphatic rings. The molecule has 6 nitrogen and oxygen atoms in total. The zero-order chi connectivity index (χ0) is 17.0. The molecular weight excluding hydrogens is 367 g/mol. The van der Waals surface area contributed by atoms with Gasteiger partial charge in [0.2, 0.25) is 0 Å². The van der Waals surface area contributed by atoms with Crippen LogP contribution in [0.15, 0.2) is 23.1 Å². The fraction of sp³-hybridized carbons (Fsp3) is 0.500. The number of esters is 1. The summed E-state index contributed by atoms with van der Waals surface area (Å²) in [5, 5.41) is 0.138. The second-order valence-corrected chi connectivity index (χ2v) is 7.42. The van der Waals surface area contributed by atoms with Crippen LogP contribution in [-0.4, -0.2) is 39.8 Å². The molecule has 1 heterocycles. The van der Waals surface area contributed by atoms with Gasteiger partial charge in [0.05, 0.1) is 11.1 Å². The fourth-order valence-electron chi connectivity index (χ4n) is 2.02. The number of carbonyl (C=O) groups is 1. The molecule has 2 atom stereocenters. The monoisotopic (exact) mass is 382 g/mol. The van der Waals surface area contributed by atoms with Crippen molar-refractivity contribution in [2.45, 2.75) is 36.9 Å². The number of hydrogen-bond acceptors (Lipinski definition) is 6. The molecule has 0 aliphatic carbocycles. The summed E-state index contributed by atoms with van der Waals surface area (Å²) in [5.41, 5.74) is 0. The van der Waals surface area contributed by atoms with Crippen LogP contribution in [0.1, 0.15) is 19.8 Å². The Kier molecular flexibility index (Phi) is 6.27. The molecule has 23 heavy (non-hydrogen) atoms. The van der Waals surface area contributed by atoms with E-state index in [1.807, 2.05) is 0 Å². The minimum absolute atomic E-state index is 0.0469. The summed E-state index contributed by atoms with van der Waals surface area (Å²) in [6, 6.07) is 3.94. The van der Waals surface area contributed by atoms with E-state index < -0.39 is 22.2 Å². The topological polar surface area (TPSA) is 78.9 Å². The Balaban J connectivity index is 1.98. The zero-order valence-corrected chi connectivity index (χ0v) is 14.7. The van der Waals surface area contributed by atoms with E-state index in [-0.39, 0.29) is 27.7 Å². The van der Waals surface area contributed by atoms with Gasteiger partial charge in [-0.15, -0.1) is 0 Å². The summed E-state index contributed by atoms with van der Waals surface area (Å²) in [6.45, 7) is 1.99. The van der Waals surface area contributed by atoms with E-state index in [0.29, 0.717) is 6.61 Å². The molecule has 0 N–H and O–H groups in total. The van der Waals surface area contributed by atoms with Crippen molar-refractivity contribution in [3.8, 4) is 0 Å². The van der Waals surface area contributed by atoms with Crippen molar-refractivity contribution in [1.29, 1.82) is 0 Å². The van der Waals surface area contributed by atoms with Crippen LogP contribution in [0.2, 0.25) is 10.0 Å². The maximum Gasteiger partial charge on any atom is 0.336 e. The van der Waals surface area contributed by atoms with Crippen LogP contribution in [0.3, 0.4) is 0 Å². The Morgan fingerprint density at radius 3 is 2.83 bits per heavy atom. The molecule has 2 unspecified atom stereocenters. The van der Waals surface area contributed by atoms with Crippen molar-refractivity contribution in [3.05, 3.63) is 28.2 Å². The zero-order valence-electron chi connectivity index (χ0n) is 12.3. The second kappa shape index (κ2) is 7.81. The highest BCUT2D eigenvalue weighted by atomic mass is 35.5. The summed E-state index contributed by atoms with van der Waals surface area (Å²) in [7, 11) is -4.24. The molecule has 128 valence electrons. The molecule has 0 bridgehead atoms. The van der Waals surface area contributed by atoms with Crippen LogP contribution < -0.4 is 0 Å². The molecule has 2 rings (SSSR count). The molecule has 1 aliphatic heterocycles. The molecule has 0 radical (unpaired) electrons. The lowest BCUT2D eigenvalue weighted by atomic mass is 10.2. The number of benzene rings is 1. The largest absolute Gasteiger partial charge is 0.461 e. The van der Waals surface area contributed by atoms with E-state index in [0.717, 1.165) is 18.9 Å². The lowest BCUT2D eigenvalue weighted by Gasteiger charge is -2.15. The second-order valence-electron chi connectivity index (χ2n) is 5.03. The van der Waals surface area contributed by atoms with Gasteiger partial charge in [-0.25, -0.2) is 4.79 Å². The lowest BCUT2D eigenvalue weighted by Crippen LogP contribution is -2.29. The van der Waals surface area contributed by atoms with Gasteiger partial charge >= 0.3 is 5.97 Å². The van der Waals surface area contributed by atoms with Gasteiger partial charge in [-0.2, -0.15) is 8.42 Å². The quantitative estimate of drug-likeness (QED) is 0.555. The highest BCUT2D eigenvalue weighted by Crippen LogP contribution is 2.27. The maximum atomic E-state index is 12.2. The first-order chi connectivity index (χ1) is 10.8. The van der Waals surface area contributed by atoms with E-state index in [9.17, 15) is 13.2 Å².